The molecule has 0 heterocycles. The fraction of sp³-hybridized carbons (Fsp3) is 0.222. The van der Waals surface area contributed by atoms with Crippen molar-refractivity contribution in [1.82, 2.24) is 0 Å². The number of carbonyl (C=O) groups is 1. The number of nitrogens with one attached hydrogen (secondary N) is 1. The monoisotopic (exact) mass is 257 g/mol. The van der Waals surface area contributed by atoms with Gasteiger partial charge in [0.15, 0.2) is 0 Å². The number of rotatable bonds is 2. The Bertz CT molecular complexity index is 422. The van der Waals surface area contributed by atoms with Crippen molar-refractivity contribution in [2.45, 2.75) is 12.4 Å². The molecule has 17 heavy (non-hydrogen) atoms. The average Bonchev–Trinajstić information content (AvgIpc) is 2.15. The highest BCUT2D eigenvalue weighted by molar-refractivity contribution is 5.74. The molecule has 0 aliphatic carbocycles. The summed E-state index contributed by atoms with van der Waals surface area (Å²) in [5.41, 5.74) is -3.53. The van der Waals surface area contributed by atoms with Gasteiger partial charge in [0.2, 0.25) is 6.41 Å². The number of alkyl halides is 6. The number of hydrogen-bond donors (Lipinski definition) is 1. The Labute approximate surface area is 91.2 Å². The smallest absolute Gasteiger partial charge is 0.328 e. The molecule has 0 bridgehead atoms. The molecular weight excluding hydrogens is 252 g/mol. The topological polar surface area (TPSA) is 29.1 Å². The molecule has 1 aromatic rings. The maximum atomic E-state index is 12.4. The number of halogens is 6. The van der Waals surface area contributed by atoms with Gasteiger partial charge in [0, 0.05) is 0 Å². The van der Waals surface area contributed by atoms with Crippen molar-refractivity contribution in [3.05, 3.63) is 29.3 Å². The molecule has 0 atom stereocenters. The van der Waals surface area contributed by atoms with E-state index in [-0.39, 0.29) is 18.5 Å². The van der Waals surface area contributed by atoms with Crippen LogP contribution in [0.25, 0.3) is 0 Å². The van der Waals surface area contributed by atoms with E-state index in [9.17, 15) is 31.1 Å². The van der Waals surface area contributed by atoms with Crippen molar-refractivity contribution in [1.29, 1.82) is 0 Å². The van der Waals surface area contributed by atoms with Gasteiger partial charge in [0.1, 0.15) is 0 Å². The fourth-order valence-corrected chi connectivity index (χ4v) is 1.15. The van der Waals surface area contributed by atoms with Gasteiger partial charge in [-0.3, -0.25) is 4.79 Å². The molecule has 1 rings (SSSR count). The zero-order valence-electron chi connectivity index (χ0n) is 7.99. The fourth-order valence-electron chi connectivity index (χ4n) is 1.15. The first kappa shape index (κ1) is 13.3. The second-order valence-corrected chi connectivity index (χ2v) is 3.02. The first-order valence-electron chi connectivity index (χ1n) is 4.15. The summed E-state index contributed by atoms with van der Waals surface area (Å²) in [4.78, 5) is 10.1. The Morgan fingerprint density at radius 3 is 2.00 bits per heavy atom. The minimum absolute atomic E-state index is 0.120. The molecule has 0 aliphatic heterocycles. The van der Waals surface area contributed by atoms with Crippen molar-refractivity contribution in [2.24, 2.45) is 0 Å². The second-order valence-electron chi connectivity index (χ2n) is 3.02. The Hall–Kier alpha value is -1.73. The third kappa shape index (κ3) is 3.11. The Morgan fingerprint density at radius 2 is 1.59 bits per heavy atom. The van der Waals surface area contributed by atoms with Crippen molar-refractivity contribution >= 4 is 12.1 Å². The normalized spacial score (nSPS) is 12.4. The van der Waals surface area contributed by atoms with Gasteiger partial charge >= 0.3 is 12.4 Å². The number of amides is 1. The molecular formula is C9H5F6NO. The maximum absolute atomic E-state index is 12.4. The summed E-state index contributed by atoms with van der Waals surface area (Å²) >= 11 is 0. The standard InChI is InChI=1S/C9H5F6NO/c10-8(11,12)5-1-2-6(9(13,14)15)7(3-5)16-4-17/h1-4H,(H,16,17). The van der Waals surface area contributed by atoms with Crippen LogP contribution in [0, 0.1) is 0 Å². The van der Waals surface area contributed by atoms with Crippen LogP contribution < -0.4 is 5.32 Å². The molecule has 2 nitrogen and oxygen atoms in total. The van der Waals surface area contributed by atoms with E-state index >= 15 is 0 Å². The lowest BCUT2D eigenvalue weighted by Crippen LogP contribution is -2.13. The molecule has 1 amide bonds. The van der Waals surface area contributed by atoms with Gasteiger partial charge in [-0.25, -0.2) is 0 Å². The van der Waals surface area contributed by atoms with E-state index in [1.165, 1.54) is 0 Å². The Morgan fingerprint density at radius 1 is 1.00 bits per heavy atom. The SMILES string of the molecule is O=CNc1cc(C(F)(F)F)ccc1C(F)(F)F. The Kier molecular flexibility index (Phi) is 3.35. The molecule has 1 N–H and O–H groups in total. The summed E-state index contributed by atoms with van der Waals surface area (Å²) < 4.78 is 73.8. The summed E-state index contributed by atoms with van der Waals surface area (Å²) in [6, 6.07) is 0.810. The molecule has 0 aromatic heterocycles. The van der Waals surface area contributed by atoms with Crippen LogP contribution in [0.4, 0.5) is 32.0 Å². The van der Waals surface area contributed by atoms with Crippen LogP contribution >= 0.6 is 0 Å². The van der Waals surface area contributed by atoms with E-state index in [2.05, 4.69) is 0 Å². The number of anilines is 1. The van der Waals surface area contributed by atoms with Crippen LogP contribution in [-0.4, -0.2) is 6.41 Å². The van der Waals surface area contributed by atoms with E-state index in [1.54, 1.807) is 5.32 Å². The summed E-state index contributed by atoms with van der Waals surface area (Å²) in [7, 11) is 0. The Balaban J connectivity index is 3.32. The van der Waals surface area contributed by atoms with Gasteiger partial charge < -0.3 is 5.32 Å². The summed E-state index contributed by atoms with van der Waals surface area (Å²) in [5.74, 6) is 0. The molecule has 0 fully saturated rings. The number of benzene rings is 1. The molecule has 0 aliphatic rings. The summed E-state index contributed by atoms with van der Waals surface area (Å²) in [6.45, 7) is 0. The molecule has 0 saturated heterocycles. The lowest BCUT2D eigenvalue weighted by molar-refractivity contribution is -0.140. The highest BCUT2D eigenvalue weighted by atomic mass is 19.4. The predicted molar refractivity (Wildman–Crippen MR) is 46.1 cm³/mol. The van der Waals surface area contributed by atoms with Crippen molar-refractivity contribution in [3.63, 3.8) is 0 Å². The summed E-state index contributed by atoms with van der Waals surface area (Å²) in [6.07, 6.45) is -9.73. The van der Waals surface area contributed by atoms with Crippen molar-refractivity contribution in [2.75, 3.05) is 5.32 Å². The lowest BCUT2D eigenvalue weighted by Gasteiger charge is -2.14. The van der Waals surface area contributed by atoms with Crippen LogP contribution in [0.3, 0.4) is 0 Å². The third-order valence-corrected chi connectivity index (χ3v) is 1.87. The van der Waals surface area contributed by atoms with Crippen LogP contribution in [0.1, 0.15) is 11.1 Å². The largest absolute Gasteiger partial charge is 0.418 e. The molecule has 94 valence electrons. The van der Waals surface area contributed by atoms with Gasteiger partial charge in [-0.05, 0) is 18.2 Å². The zero-order chi connectivity index (χ0) is 13.3. The summed E-state index contributed by atoms with van der Waals surface area (Å²) in [5, 5.41) is 1.59. The van der Waals surface area contributed by atoms with Gasteiger partial charge in [0.25, 0.3) is 0 Å². The molecule has 0 spiro atoms. The first-order chi connectivity index (χ1) is 7.66. The van der Waals surface area contributed by atoms with E-state index in [0.717, 1.165) is 0 Å². The van der Waals surface area contributed by atoms with E-state index in [4.69, 9.17) is 0 Å². The molecule has 1 aromatic carbocycles. The molecule has 8 heteroatoms. The van der Waals surface area contributed by atoms with E-state index < -0.39 is 29.2 Å². The highest BCUT2D eigenvalue weighted by Crippen LogP contribution is 2.38. The zero-order valence-corrected chi connectivity index (χ0v) is 7.99. The number of carbonyl (C=O) groups excluding carboxylic acids is 1. The predicted octanol–water partition coefficient (Wildman–Crippen LogP) is 3.29. The van der Waals surface area contributed by atoms with Crippen LogP contribution in [0.5, 0.6) is 0 Å². The molecule has 0 saturated carbocycles. The van der Waals surface area contributed by atoms with E-state index in [0.29, 0.717) is 6.07 Å². The van der Waals surface area contributed by atoms with Gasteiger partial charge in [-0.1, -0.05) is 0 Å². The molecule has 0 radical (unpaired) electrons. The van der Waals surface area contributed by atoms with Gasteiger partial charge in [0.05, 0.1) is 16.8 Å². The van der Waals surface area contributed by atoms with Crippen LogP contribution in [0.15, 0.2) is 18.2 Å². The lowest BCUT2D eigenvalue weighted by atomic mass is 10.1. The van der Waals surface area contributed by atoms with Crippen LogP contribution in [0.2, 0.25) is 0 Å². The average molecular weight is 257 g/mol. The minimum Gasteiger partial charge on any atom is -0.328 e. The van der Waals surface area contributed by atoms with E-state index in [1.807, 2.05) is 0 Å². The highest BCUT2D eigenvalue weighted by Gasteiger charge is 2.37. The minimum atomic E-state index is -4.84. The van der Waals surface area contributed by atoms with Crippen LogP contribution in [-0.2, 0) is 17.1 Å². The van der Waals surface area contributed by atoms with Gasteiger partial charge in [-0.15, -0.1) is 0 Å². The second kappa shape index (κ2) is 4.27. The van der Waals surface area contributed by atoms with Crippen molar-refractivity contribution < 1.29 is 31.1 Å². The van der Waals surface area contributed by atoms with Crippen molar-refractivity contribution in [3.8, 4) is 0 Å². The first-order valence-corrected chi connectivity index (χ1v) is 4.15. The third-order valence-electron chi connectivity index (χ3n) is 1.87. The number of hydrogen-bond acceptors (Lipinski definition) is 1. The molecule has 0 unspecified atom stereocenters. The maximum Gasteiger partial charge on any atom is 0.418 e. The quantitative estimate of drug-likeness (QED) is 0.639. The van der Waals surface area contributed by atoms with Gasteiger partial charge in [-0.2, -0.15) is 26.3 Å².